The molecule has 0 saturated carbocycles. The standard InChI is InChI=1S/C17H20N2O3S/c1-12-8-10-14(11-9-12)13(2)18-17(20)15-6-4-5-7-16(15)19-23(3,21)22/h4-11,13,19H,1-3H3,(H,18,20)/t13-/m1/s1. The molecule has 5 nitrogen and oxygen atoms in total. The zero-order chi connectivity index (χ0) is 17.0. The molecule has 0 unspecified atom stereocenters. The molecule has 0 fully saturated rings. The van der Waals surface area contributed by atoms with Gasteiger partial charge in [-0.3, -0.25) is 9.52 Å². The lowest BCUT2D eigenvalue weighted by Crippen LogP contribution is -2.27. The van der Waals surface area contributed by atoms with Crippen LogP contribution in [0, 0.1) is 6.92 Å². The van der Waals surface area contributed by atoms with Crippen LogP contribution in [0.1, 0.15) is 34.5 Å². The summed E-state index contributed by atoms with van der Waals surface area (Å²) in [5.74, 6) is -0.329. The van der Waals surface area contributed by atoms with Crippen LogP contribution in [0.5, 0.6) is 0 Å². The zero-order valence-electron chi connectivity index (χ0n) is 13.3. The number of rotatable bonds is 5. The van der Waals surface area contributed by atoms with Crippen LogP contribution in [0.15, 0.2) is 48.5 Å². The summed E-state index contributed by atoms with van der Waals surface area (Å²) in [4.78, 5) is 12.5. The van der Waals surface area contributed by atoms with E-state index in [0.29, 0.717) is 0 Å². The van der Waals surface area contributed by atoms with E-state index in [1.54, 1.807) is 24.3 Å². The number of hydrogen-bond acceptors (Lipinski definition) is 3. The maximum atomic E-state index is 12.5. The Morgan fingerprint density at radius 3 is 2.26 bits per heavy atom. The van der Waals surface area contributed by atoms with E-state index in [0.717, 1.165) is 17.4 Å². The first-order valence-electron chi connectivity index (χ1n) is 7.20. The lowest BCUT2D eigenvalue weighted by atomic mass is 10.1. The zero-order valence-corrected chi connectivity index (χ0v) is 14.1. The highest BCUT2D eigenvalue weighted by atomic mass is 32.2. The molecule has 0 heterocycles. The molecular weight excluding hydrogens is 312 g/mol. The Morgan fingerprint density at radius 2 is 1.65 bits per heavy atom. The van der Waals surface area contributed by atoms with Gasteiger partial charge in [-0.1, -0.05) is 42.0 Å². The molecule has 6 heteroatoms. The van der Waals surface area contributed by atoms with Crippen LogP contribution in [0.3, 0.4) is 0 Å². The molecule has 2 aromatic carbocycles. The van der Waals surface area contributed by atoms with Crippen LogP contribution in [-0.2, 0) is 10.0 Å². The molecule has 0 aromatic heterocycles. The second-order valence-corrected chi connectivity index (χ2v) is 7.27. The predicted octanol–water partition coefficient (Wildman–Crippen LogP) is 2.86. The van der Waals surface area contributed by atoms with Gasteiger partial charge in [-0.25, -0.2) is 8.42 Å². The highest BCUT2D eigenvalue weighted by Gasteiger charge is 2.16. The van der Waals surface area contributed by atoms with Crippen molar-refractivity contribution >= 4 is 21.6 Å². The Kier molecular flexibility index (Phi) is 5.05. The second kappa shape index (κ2) is 6.83. The van der Waals surface area contributed by atoms with Crippen molar-refractivity contribution in [1.82, 2.24) is 5.32 Å². The average Bonchev–Trinajstić information content (AvgIpc) is 2.46. The van der Waals surface area contributed by atoms with Gasteiger partial charge in [0.05, 0.1) is 23.5 Å². The fraction of sp³-hybridized carbons (Fsp3) is 0.235. The Morgan fingerprint density at radius 1 is 1.04 bits per heavy atom. The number of aryl methyl sites for hydroxylation is 1. The first-order chi connectivity index (χ1) is 10.8. The van der Waals surface area contributed by atoms with Crippen molar-refractivity contribution in [3.63, 3.8) is 0 Å². The van der Waals surface area contributed by atoms with E-state index in [9.17, 15) is 13.2 Å². The summed E-state index contributed by atoms with van der Waals surface area (Å²) in [7, 11) is -3.45. The quantitative estimate of drug-likeness (QED) is 0.884. The van der Waals surface area contributed by atoms with Gasteiger partial charge in [0.25, 0.3) is 5.91 Å². The lowest BCUT2D eigenvalue weighted by Gasteiger charge is -2.16. The monoisotopic (exact) mass is 332 g/mol. The number of hydrogen-bond donors (Lipinski definition) is 2. The molecule has 2 N–H and O–H groups in total. The molecule has 0 aliphatic rings. The van der Waals surface area contributed by atoms with Crippen molar-refractivity contribution in [3.8, 4) is 0 Å². The molecule has 0 spiro atoms. The van der Waals surface area contributed by atoms with Gasteiger partial charge >= 0.3 is 0 Å². The summed E-state index contributed by atoms with van der Waals surface area (Å²) < 4.78 is 25.2. The Balaban J connectivity index is 2.19. The van der Waals surface area contributed by atoms with Crippen LogP contribution in [0.25, 0.3) is 0 Å². The van der Waals surface area contributed by atoms with E-state index in [2.05, 4.69) is 10.0 Å². The summed E-state index contributed by atoms with van der Waals surface area (Å²) in [6, 6.07) is 14.2. The van der Waals surface area contributed by atoms with Gasteiger partial charge in [-0.15, -0.1) is 0 Å². The molecule has 0 aliphatic heterocycles. The fourth-order valence-electron chi connectivity index (χ4n) is 2.18. The van der Waals surface area contributed by atoms with Crippen molar-refractivity contribution in [2.75, 3.05) is 11.0 Å². The van der Waals surface area contributed by atoms with Gasteiger partial charge in [-0.2, -0.15) is 0 Å². The third-order valence-corrected chi connectivity index (χ3v) is 3.98. The SMILES string of the molecule is Cc1ccc([C@@H](C)NC(=O)c2ccccc2NS(C)(=O)=O)cc1. The summed E-state index contributed by atoms with van der Waals surface area (Å²) in [6.45, 7) is 3.88. The molecule has 1 atom stereocenters. The van der Waals surface area contributed by atoms with Crippen molar-refractivity contribution in [3.05, 3.63) is 65.2 Å². The minimum Gasteiger partial charge on any atom is -0.345 e. The molecule has 23 heavy (non-hydrogen) atoms. The average molecular weight is 332 g/mol. The molecule has 2 rings (SSSR count). The molecule has 0 aliphatic carbocycles. The maximum Gasteiger partial charge on any atom is 0.253 e. The molecule has 0 radical (unpaired) electrons. The lowest BCUT2D eigenvalue weighted by molar-refractivity contribution is 0.0941. The van der Waals surface area contributed by atoms with Crippen molar-refractivity contribution in [2.24, 2.45) is 0 Å². The number of anilines is 1. The van der Waals surface area contributed by atoms with E-state index >= 15 is 0 Å². The molecule has 122 valence electrons. The third kappa shape index (κ3) is 4.82. The first-order valence-corrected chi connectivity index (χ1v) is 9.09. The van der Waals surface area contributed by atoms with Gasteiger partial charge in [0.1, 0.15) is 0 Å². The van der Waals surface area contributed by atoms with Gasteiger partial charge in [0, 0.05) is 0 Å². The number of carbonyl (C=O) groups excluding carboxylic acids is 1. The molecule has 0 bridgehead atoms. The molecule has 1 amide bonds. The van der Waals surface area contributed by atoms with Crippen LogP contribution in [-0.4, -0.2) is 20.6 Å². The Labute approximate surface area is 136 Å². The van der Waals surface area contributed by atoms with E-state index in [4.69, 9.17) is 0 Å². The number of para-hydroxylation sites is 1. The molecule has 2 aromatic rings. The third-order valence-electron chi connectivity index (χ3n) is 3.39. The predicted molar refractivity (Wildman–Crippen MR) is 92.0 cm³/mol. The highest BCUT2D eigenvalue weighted by Crippen LogP contribution is 2.19. The minimum absolute atomic E-state index is 0.186. The summed E-state index contributed by atoms with van der Waals surface area (Å²) in [5.41, 5.74) is 2.69. The van der Waals surface area contributed by atoms with E-state index < -0.39 is 10.0 Å². The normalized spacial score (nSPS) is 12.5. The number of amides is 1. The van der Waals surface area contributed by atoms with Gasteiger partial charge in [-0.05, 0) is 31.5 Å². The van der Waals surface area contributed by atoms with Gasteiger partial charge in [0.2, 0.25) is 10.0 Å². The fourth-order valence-corrected chi connectivity index (χ4v) is 2.76. The summed E-state index contributed by atoms with van der Waals surface area (Å²) in [5, 5.41) is 2.88. The van der Waals surface area contributed by atoms with E-state index in [1.807, 2.05) is 38.1 Å². The highest BCUT2D eigenvalue weighted by molar-refractivity contribution is 7.92. The first kappa shape index (κ1) is 17.0. The van der Waals surface area contributed by atoms with Crippen molar-refractivity contribution < 1.29 is 13.2 Å². The van der Waals surface area contributed by atoms with Crippen LogP contribution in [0.4, 0.5) is 5.69 Å². The second-order valence-electron chi connectivity index (χ2n) is 5.53. The van der Waals surface area contributed by atoms with Crippen molar-refractivity contribution in [2.45, 2.75) is 19.9 Å². The topological polar surface area (TPSA) is 75.3 Å². The van der Waals surface area contributed by atoms with Crippen molar-refractivity contribution in [1.29, 1.82) is 0 Å². The molecular formula is C17H20N2O3S. The number of carbonyl (C=O) groups is 1. The minimum atomic E-state index is -3.45. The Hall–Kier alpha value is -2.34. The van der Waals surface area contributed by atoms with E-state index in [1.165, 1.54) is 0 Å². The summed E-state index contributed by atoms with van der Waals surface area (Å²) in [6.07, 6.45) is 1.05. The molecule has 0 saturated heterocycles. The number of nitrogens with one attached hydrogen (secondary N) is 2. The Bertz CT molecular complexity index is 799. The van der Waals surface area contributed by atoms with E-state index in [-0.39, 0.29) is 23.2 Å². The maximum absolute atomic E-state index is 12.5. The number of sulfonamides is 1. The van der Waals surface area contributed by atoms with Crippen LogP contribution < -0.4 is 10.0 Å². The van der Waals surface area contributed by atoms with Gasteiger partial charge in [0.15, 0.2) is 0 Å². The smallest absolute Gasteiger partial charge is 0.253 e. The number of benzene rings is 2. The van der Waals surface area contributed by atoms with Crippen LogP contribution >= 0.6 is 0 Å². The summed E-state index contributed by atoms with van der Waals surface area (Å²) >= 11 is 0. The van der Waals surface area contributed by atoms with Gasteiger partial charge < -0.3 is 5.32 Å². The largest absolute Gasteiger partial charge is 0.345 e. The van der Waals surface area contributed by atoms with Crippen LogP contribution in [0.2, 0.25) is 0 Å².